The zero-order chi connectivity index (χ0) is 30.2. The number of likely N-dealkylation sites (tertiary alicyclic amines) is 1. The van der Waals surface area contributed by atoms with Crippen LogP contribution < -0.4 is 16.2 Å². The third kappa shape index (κ3) is 6.15. The molecule has 1 unspecified atom stereocenters. The molecular weight excluding hydrogens is 558 g/mol. The second kappa shape index (κ2) is 11.8. The van der Waals surface area contributed by atoms with Gasteiger partial charge in [0, 0.05) is 36.8 Å². The number of rotatable bonds is 9. The van der Waals surface area contributed by atoms with Crippen molar-refractivity contribution in [3.63, 3.8) is 0 Å². The first-order valence-electron chi connectivity index (χ1n) is 13.5. The molecule has 5 rings (SSSR count). The number of benzene rings is 1. The molecular formula is C28H31F4N7O3. The van der Waals surface area contributed by atoms with Crippen molar-refractivity contribution >= 4 is 22.5 Å². The Labute approximate surface area is 238 Å². The van der Waals surface area contributed by atoms with Crippen LogP contribution in [0, 0.1) is 11.7 Å². The number of halogens is 4. The summed E-state index contributed by atoms with van der Waals surface area (Å²) in [5.41, 5.74) is 12.7. The van der Waals surface area contributed by atoms with Crippen molar-refractivity contribution in [1.29, 1.82) is 0 Å². The molecule has 0 radical (unpaired) electrons. The predicted molar refractivity (Wildman–Crippen MR) is 146 cm³/mol. The Morgan fingerprint density at radius 2 is 1.93 bits per heavy atom. The molecule has 10 nitrogen and oxygen atoms in total. The van der Waals surface area contributed by atoms with Crippen LogP contribution >= 0.6 is 0 Å². The number of esters is 1. The van der Waals surface area contributed by atoms with Crippen molar-refractivity contribution in [2.24, 2.45) is 17.4 Å². The minimum atomic E-state index is -4.52. The summed E-state index contributed by atoms with van der Waals surface area (Å²) in [4.78, 5) is 17.8. The lowest BCUT2D eigenvalue weighted by Gasteiger charge is -2.30. The molecule has 3 aromatic heterocycles. The first-order chi connectivity index (χ1) is 19.9. The molecule has 14 heteroatoms. The molecule has 1 aliphatic rings. The Bertz CT molecular complexity index is 1590. The number of aromatic nitrogens is 4. The summed E-state index contributed by atoms with van der Waals surface area (Å²) in [6, 6.07) is 5.79. The molecule has 1 fully saturated rings. The molecule has 4 N–H and O–H groups in total. The molecule has 0 amide bonds. The average Bonchev–Trinajstić information content (AvgIpc) is 3.55. The molecule has 1 aromatic carbocycles. The van der Waals surface area contributed by atoms with Crippen LogP contribution in [0.15, 0.2) is 42.6 Å². The standard InChI is InChI=1S/C28H31F4N7O3/c1-15(2)24(34)27(40)42-10-9-41-22-12-21-16(11-19(22)29)3-5-20(35-21)26-37-36-23-6-4-17(13-39(23)26)25(28(30,31)32)38-8-7-18(33)14-38/h3-6,11-13,15,18,24-25H,7-10,14,33-34H2,1-2H3/t18-,24?,25+/m0/s1. The fraction of sp³-hybridized carbons (Fsp3) is 0.429. The zero-order valence-electron chi connectivity index (χ0n) is 23.0. The number of hydrogen-bond acceptors (Lipinski definition) is 9. The van der Waals surface area contributed by atoms with Crippen molar-refractivity contribution in [2.75, 3.05) is 26.3 Å². The van der Waals surface area contributed by atoms with Gasteiger partial charge < -0.3 is 20.9 Å². The molecule has 4 aromatic rings. The molecule has 42 heavy (non-hydrogen) atoms. The second-order valence-corrected chi connectivity index (χ2v) is 10.7. The van der Waals surface area contributed by atoms with E-state index < -0.39 is 30.0 Å². The second-order valence-electron chi connectivity index (χ2n) is 10.7. The Morgan fingerprint density at radius 1 is 1.14 bits per heavy atom. The smallest absolute Gasteiger partial charge is 0.408 e. The lowest BCUT2D eigenvalue weighted by atomic mass is 10.1. The predicted octanol–water partition coefficient (Wildman–Crippen LogP) is 3.63. The van der Waals surface area contributed by atoms with Gasteiger partial charge in [-0.3, -0.25) is 14.1 Å². The number of hydrogen-bond donors (Lipinski definition) is 2. The average molecular weight is 590 g/mol. The summed E-state index contributed by atoms with van der Waals surface area (Å²) in [5, 5.41) is 8.72. The van der Waals surface area contributed by atoms with E-state index in [4.69, 9.17) is 20.9 Å². The maximum atomic E-state index is 14.7. The largest absolute Gasteiger partial charge is 0.487 e. The quantitative estimate of drug-likeness (QED) is 0.171. The van der Waals surface area contributed by atoms with Gasteiger partial charge in [0.15, 0.2) is 23.0 Å². The monoisotopic (exact) mass is 589 g/mol. The highest BCUT2D eigenvalue weighted by molar-refractivity contribution is 5.82. The molecule has 0 saturated carbocycles. The summed E-state index contributed by atoms with van der Waals surface area (Å²) in [7, 11) is 0. The van der Waals surface area contributed by atoms with Crippen LogP contribution in [0.3, 0.4) is 0 Å². The van der Waals surface area contributed by atoms with E-state index in [2.05, 4.69) is 15.2 Å². The Hall–Kier alpha value is -3.88. The van der Waals surface area contributed by atoms with Crippen molar-refractivity contribution in [3.8, 4) is 17.3 Å². The SMILES string of the molecule is CC(C)C(N)C(=O)OCCOc1cc2nc(-c3nnc4ccc([C@@H](N5CC[C@H](N)C5)C(F)(F)F)cn34)ccc2cc1F. The first kappa shape index (κ1) is 29.6. The normalized spacial score (nSPS) is 17.7. The molecule has 0 aliphatic carbocycles. The molecule has 0 bridgehead atoms. The molecule has 0 spiro atoms. The molecule has 224 valence electrons. The van der Waals surface area contributed by atoms with E-state index >= 15 is 0 Å². The van der Waals surface area contributed by atoms with Crippen LogP contribution in [0.25, 0.3) is 28.1 Å². The van der Waals surface area contributed by atoms with Gasteiger partial charge in [0.25, 0.3) is 0 Å². The van der Waals surface area contributed by atoms with E-state index in [-0.39, 0.29) is 55.4 Å². The maximum absolute atomic E-state index is 14.7. The Morgan fingerprint density at radius 3 is 2.62 bits per heavy atom. The Balaban J connectivity index is 1.40. The van der Waals surface area contributed by atoms with Gasteiger partial charge in [-0.25, -0.2) is 9.37 Å². The van der Waals surface area contributed by atoms with Crippen LogP contribution in [0.1, 0.15) is 31.9 Å². The third-order valence-electron chi connectivity index (χ3n) is 7.22. The lowest BCUT2D eigenvalue weighted by molar-refractivity contribution is -0.183. The van der Waals surface area contributed by atoms with Crippen LogP contribution in [-0.4, -0.2) is 75.0 Å². The van der Waals surface area contributed by atoms with Gasteiger partial charge in [-0.15, -0.1) is 10.2 Å². The van der Waals surface area contributed by atoms with E-state index in [0.29, 0.717) is 28.7 Å². The number of carbonyl (C=O) groups excluding carboxylic acids is 1. The topological polar surface area (TPSA) is 134 Å². The number of ether oxygens (including phenoxy) is 2. The van der Waals surface area contributed by atoms with Crippen LogP contribution in [0.5, 0.6) is 5.75 Å². The maximum Gasteiger partial charge on any atom is 0.408 e. The van der Waals surface area contributed by atoms with Gasteiger partial charge in [0.1, 0.15) is 31.0 Å². The highest BCUT2D eigenvalue weighted by Crippen LogP contribution is 2.39. The first-order valence-corrected chi connectivity index (χ1v) is 13.5. The highest BCUT2D eigenvalue weighted by Gasteiger charge is 2.46. The number of alkyl halides is 3. The highest BCUT2D eigenvalue weighted by atomic mass is 19.4. The molecule has 4 heterocycles. The minimum absolute atomic E-state index is 0.0266. The summed E-state index contributed by atoms with van der Waals surface area (Å²) in [5.74, 6) is -1.21. The van der Waals surface area contributed by atoms with Gasteiger partial charge in [0.2, 0.25) is 0 Å². The van der Waals surface area contributed by atoms with Crippen LogP contribution in [0.2, 0.25) is 0 Å². The fourth-order valence-electron chi connectivity index (χ4n) is 4.92. The van der Waals surface area contributed by atoms with Crippen molar-refractivity contribution in [3.05, 3.63) is 54.0 Å². The molecule has 1 saturated heterocycles. The van der Waals surface area contributed by atoms with Crippen LogP contribution in [0.4, 0.5) is 17.6 Å². The molecule has 3 atom stereocenters. The number of nitrogens with two attached hydrogens (primary N) is 2. The van der Waals surface area contributed by atoms with Crippen LogP contribution in [-0.2, 0) is 9.53 Å². The van der Waals surface area contributed by atoms with E-state index in [1.807, 2.05) is 0 Å². The fourth-order valence-corrected chi connectivity index (χ4v) is 4.92. The van der Waals surface area contributed by atoms with E-state index in [1.165, 1.54) is 39.8 Å². The van der Waals surface area contributed by atoms with Gasteiger partial charge in [0.05, 0.1) is 5.52 Å². The summed E-state index contributed by atoms with van der Waals surface area (Å²) < 4.78 is 69.3. The summed E-state index contributed by atoms with van der Waals surface area (Å²) in [6.07, 6.45) is -2.67. The number of carbonyl (C=O) groups is 1. The van der Waals surface area contributed by atoms with Crippen molar-refractivity contribution in [2.45, 2.75) is 44.6 Å². The Kier molecular flexibility index (Phi) is 8.30. The summed E-state index contributed by atoms with van der Waals surface area (Å²) in [6.45, 7) is 3.72. The number of fused-ring (bicyclic) bond motifs is 2. The molecule has 1 aliphatic heterocycles. The van der Waals surface area contributed by atoms with E-state index in [0.717, 1.165) is 0 Å². The van der Waals surface area contributed by atoms with E-state index in [9.17, 15) is 22.4 Å². The number of pyridine rings is 2. The van der Waals surface area contributed by atoms with Gasteiger partial charge in [-0.05, 0) is 36.1 Å². The van der Waals surface area contributed by atoms with Gasteiger partial charge >= 0.3 is 12.1 Å². The van der Waals surface area contributed by atoms with Gasteiger partial charge in [-0.1, -0.05) is 26.0 Å². The third-order valence-corrected chi connectivity index (χ3v) is 7.22. The van der Waals surface area contributed by atoms with Gasteiger partial charge in [-0.2, -0.15) is 13.2 Å². The number of nitrogens with zero attached hydrogens (tertiary/aromatic N) is 5. The van der Waals surface area contributed by atoms with Crippen molar-refractivity contribution in [1.82, 2.24) is 24.5 Å². The minimum Gasteiger partial charge on any atom is -0.487 e. The zero-order valence-corrected chi connectivity index (χ0v) is 23.0. The van der Waals surface area contributed by atoms with E-state index in [1.54, 1.807) is 26.0 Å². The van der Waals surface area contributed by atoms with Crippen molar-refractivity contribution < 1.29 is 31.8 Å². The lowest BCUT2D eigenvalue weighted by Crippen LogP contribution is -2.38. The summed E-state index contributed by atoms with van der Waals surface area (Å²) >= 11 is 0.